The summed E-state index contributed by atoms with van der Waals surface area (Å²) in [5, 5.41) is 22.0. The summed E-state index contributed by atoms with van der Waals surface area (Å²) in [6.07, 6.45) is 7.15. The number of benzene rings is 2. The summed E-state index contributed by atoms with van der Waals surface area (Å²) < 4.78 is 13.1. The highest BCUT2D eigenvalue weighted by molar-refractivity contribution is 6.01. The summed E-state index contributed by atoms with van der Waals surface area (Å²) in [6.45, 7) is 3.80. The predicted molar refractivity (Wildman–Crippen MR) is 162 cm³/mol. The minimum Gasteiger partial charge on any atom is -0.399 e. The van der Waals surface area contributed by atoms with Crippen molar-refractivity contribution in [3.05, 3.63) is 89.0 Å². The molecule has 0 bridgehead atoms. The fourth-order valence-electron chi connectivity index (χ4n) is 9.87. The SMILES string of the molecule is C[C@]12C=CC(=O)C=C1CC[C@@H]1[C@@H]2[C@@H](O)C[C@@]2(C)[C@H]1C[C@H]1O[C@@H](c3ccc(Cc4cccc(N)c4)cc3)OC[C@]12C(=O)CO. The molecule has 4 fully saturated rings. The number of allylic oxidation sites excluding steroid dienone is 4. The number of nitrogen functional groups attached to an aromatic ring is 1. The van der Waals surface area contributed by atoms with Gasteiger partial charge in [-0.05, 0) is 84.8 Å². The third kappa shape index (κ3) is 4.23. The number of hydrogen-bond donors (Lipinski definition) is 3. The number of aliphatic hydroxyl groups excluding tert-OH is 2. The first-order valence-corrected chi connectivity index (χ1v) is 15.6. The summed E-state index contributed by atoms with van der Waals surface area (Å²) >= 11 is 0. The van der Waals surface area contributed by atoms with Crippen molar-refractivity contribution in [3.8, 4) is 0 Å². The van der Waals surface area contributed by atoms with E-state index in [0.717, 1.165) is 47.2 Å². The van der Waals surface area contributed by atoms with Crippen LogP contribution in [0.4, 0.5) is 5.69 Å². The molecule has 1 saturated heterocycles. The molecule has 4 aliphatic carbocycles. The van der Waals surface area contributed by atoms with E-state index in [9.17, 15) is 19.8 Å². The fraction of sp³-hybridized carbons (Fsp3) is 0.500. The lowest BCUT2D eigenvalue weighted by Gasteiger charge is -2.60. The fourth-order valence-corrected chi connectivity index (χ4v) is 9.87. The van der Waals surface area contributed by atoms with Crippen LogP contribution in [0.2, 0.25) is 0 Å². The van der Waals surface area contributed by atoms with Crippen molar-refractivity contribution in [3.63, 3.8) is 0 Å². The van der Waals surface area contributed by atoms with Crippen LogP contribution < -0.4 is 5.73 Å². The zero-order valence-corrected chi connectivity index (χ0v) is 24.9. The van der Waals surface area contributed by atoms with Gasteiger partial charge in [-0.1, -0.05) is 61.9 Å². The number of nitrogens with two attached hydrogens (primary N) is 1. The van der Waals surface area contributed by atoms with Gasteiger partial charge in [-0.15, -0.1) is 0 Å². The first-order chi connectivity index (χ1) is 20.6. The number of ether oxygens (including phenoxy) is 2. The van der Waals surface area contributed by atoms with E-state index in [4.69, 9.17) is 15.2 Å². The third-order valence-electron chi connectivity index (χ3n) is 11.9. The Balaban J connectivity index is 1.17. The molecular formula is C36H41NO6. The van der Waals surface area contributed by atoms with Gasteiger partial charge in [0.1, 0.15) is 6.61 Å². The van der Waals surface area contributed by atoms with E-state index in [1.165, 1.54) is 0 Å². The van der Waals surface area contributed by atoms with E-state index in [1.807, 2.05) is 36.4 Å². The van der Waals surface area contributed by atoms with Gasteiger partial charge < -0.3 is 25.4 Å². The molecule has 4 N–H and O–H groups in total. The van der Waals surface area contributed by atoms with Crippen molar-refractivity contribution in [1.82, 2.24) is 0 Å². The molecule has 3 saturated carbocycles. The van der Waals surface area contributed by atoms with Crippen LogP contribution in [0.5, 0.6) is 0 Å². The highest BCUT2D eigenvalue weighted by Gasteiger charge is 2.73. The van der Waals surface area contributed by atoms with Crippen molar-refractivity contribution >= 4 is 17.3 Å². The second kappa shape index (κ2) is 10.2. The maximum Gasteiger partial charge on any atom is 0.184 e. The monoisotopic (exact) mass is 583 g/mol. The molecule has 0 radical (unpaired) electrons. The average Bonchev–Trinajstić information content (AvgIpc) is 3.25. The van der Waals surface area contributed by atoms with E-state index >= 15 is 0 Å². The molecule has 9 atom stereocenters. The third-order valence-corrected chi connectivity index (χ3v) is 11.9. The normalized spacial score (nSPS) is 39.7. The predicted octanol–water partition coefficient (Wildman–Crippen LogP) is 4.71. The molecule has 2 aromatic carbocycles. The van der Waals surface area contributed by atoms with Crippen molar-refractivity contribution < 1.29 is 29.3 Å². The number of aliphatic hydroxyl groups is 2. The molecule has 2 aromatic rings. The lowest BCUT2D eigenvalue weighted by molar-refractivity contribution is -0.277. The number of rotatable bonds is 5. The van der Waals surface area contributed by atoms with E-state index in [-0.39, 0.29) is 35.9 Å². The van der Waals surface area contributed by atoms with Gasteiger partial charge in [0.05, 0.1) is 24.2 Å². The van der Waals surface area contributed by atoms with Crippen LogP contribution in [0.3, 0.4) is 0 Å². The lowest BCUT2D eigenvalue weighted by atomic mass is 9.44. The maximum absolute atomic E-state index is 13.8. The largest absolute Gasteiger partial charge is 0.399 e. The van der Waals surface area contributed by atoms with Crippen LogP contribution in [0.15, 0.2) is 72.3 Å². The number of hydrogen-bond acceptors (Lipinski definition) is 7. The van der Waals surface area contributed by atoms with Gasteiger partial charge in [0.2, 0.25) is 0 Å². The standard InChI is InChI=1S/C36H41NO6/c1-34-13-12-26(39)16-24(34)10-11-27-28-17-31-36(30(41)19-38,35(28,2)18-29(40)32(27)34)20-42-33(43-31)23-8-6-21(7-9-23)14-22-4-3-5-25(37)15-22/h3-9,12-13,15-16,27-29,31-33,38,40H,10-11,14,17-20,37H2,1-2H3/t27-,28-,29-,31+,32+,33-,34-,35-,36-/m0/s1. The number of anilines is 1. The second-order valence-electron chi connectivity index (χ2n) is 13.9. The van der Waals surface area contributed by atoms with Gasteiger partial charge in [0.25, 0.3) is 0 Å². The second-order valence-corrected chi connectivity index (χ2v) is 13.9. The van der Waals surface area contributed by atoms with Crippen molar-refractivity contribution in [2.45, 2.75) is 64.4 Å². The topological polar surface area (TPSA) is 119 Å². The van der Waals surface area contributed by atoms with Gasteiger partial charge in [-0.25, -0.2) is 0 Å². The van der Waals surface area contributed by atoms with E-state index < -0.39 is 41.3 Å². The molecule has 0 aromatic heterocycles. The first-order valence-electron chi connectivity index (χ1n) is 15.6. The van der Waals surface area contributed by atoms with Crippen LogP contribution in [0.1, 0.15) is 62.5 Å². The average molecular weight is 584 g/mol. The minimum atomic E-state index is -1.04. The Labute approximate surface area is 252 Å². The first kappa shape index (κ1) is 28.7. The molecule has 0 amide bonds. The van der Waals surface area contributed by atoms with Gasteiger partial charge in [0.15, 0.2) is 17.9 Å². The zero-order valence-electron chi connectivity index (χ0n) is 24.9. The molecule has 0 unspecified atom stereocenters. The van der Waals surface area contributed by atoms with E-state index in [1.54, 1.807) is 12.2 Å². The Bertz CT molecular complexity index is 1510. The van der Waals surface area contributed by atoms with Crippen LogP contribution in [0.25, 0.3) is 0 Å². The molecule has 5 aliphatic rings. The number of ketones is 2. The lowest BCUT2D eigenvalue weighted by Crippen LogP contribution is -2.62. The smallest absolute Gasteiger partial charge is 0.184 e. The molecule has 1 aliphatic heterocycles. The van der Waals surface area contributed by atoms with Crippen LogP contribution >= 0.6 is 0 Å². The molecule has 0 spiro atoms. The van der Waals surface area contributed by atoms with Crippen molar-refractivity contribution in [2.24, 2.45) is 34.0 Å². The highest BCUT2D eigenvalue weighted by Crippen LogP contribution is 2.71. The van der Waals surface area contributed by atoms with E-state index in [0.29, 0.717) is 12.8 Å². The number of carbonyl (C=O) groups excluding carboxylic acids is 2. The minimum absolute atomic E-state index is 0.00910. The van der Waals surface area contributed by atoms with Gasteiger partial charge in [0, 0.05) is 22.6 Å². The number of carbonyl (C=O) groups is 2. The quantitative estimate of drug-likeness (QED) is 0.436. The molecule has 226 valence electrons. The Hall–Kier alpha value is -3.10. The summed E-state index contributed by atoms with van der Waals surface area (Å²) in [6, 6.07) is 16.0. The Morgan fingerprint density at radius 1 is 1.12 bits per heavy atom. The van der Waals surface area contributed by atoms with Gasteiger partial charge >= 0.3 is 0 Å². The Kier molecular flexibility index (Phi) is 6.82. The Morgan fingerprint density at radius 3 is 2.65 bits per heavy atom. The molecule has 7 rings (SSSR count). The molecule has 7 heteroatoms. The molecule has 43 heavy (non-hydrogen) atoms. The van der Waals surface area contributed by atoms with Crippen LogP contribution in [-0.4, -0.2) is 47.2 Å². The molecule has 1 heterocycles. The number of Topliss-reactive ketones (excluding diaryl/α,β-unsaturated/α-hetero) is 1. The molecular weight excluding hydrogens is 542 g/mol. The van der Waals surface area contributed by atoms with E-state index in [2.05, 4.69) is 32.0 Å². The maximum atomic E-state index is 13.8. The molecule has 7 nitrogen and oxygen atoms in total. The Morgan fingerprint density at radius 2 is 1.91 bits per heavy atom. The van der Waals surface area contributed by atoms with Gasteiger partial charge in [-0.2, -0.15) is 0 Å². The van der Waals surface area contributed by atoms with Crippen LogP contribution in [0, 0.1) is 34.0 Å². The van der Waals surface area contributed by atoms with Crippen molar-refractivity contribution in [2.75, 3.05) is 18.9 Å². The highest BCUT2D eigenvalue weighted by atomic mass is 16.7. The van der Waals surface area contributed by atoms with Crippen molar-refractivity contribution in [1.29, 1.82) is 0 Å². The summed E-state index contributed by atoms with van der Waals surface area (Å²) in [4.78, 5) is 25.9. The summed E-state index contributed by atoms with van der Waals surface area (Å²) in [5.41, 5.74) is 8.92. The number of fused-ring (bicyclic) bond motifs is 7. The summed E-state index contributed by atoms with van der Waals surface area (Å²) in [7, 11) is 0. The van der Waals surface area contributed by atoms with Gasteiger partial charge in [-0.3, -0.25) is 9.59 Å². The van der Waals surface area contributed by atoms with Crippen LogP contribution in [-0.2, 0) is 25.5 Å². The summed E-state index contributed by atoms with van der Waals surface area (Å²) in [5.74, 6) is -0.0600. The zero-order chi connectivity index (χ0) is 30.1.